The van der Waals surface area contributed by atoms with Gasteiger partial charge in [-0.2, -0.15) is 38.1 Å². The summed E-state index contributed by atoms with van der Waals surface area (Å²) in [6, 6.07) is 14.3. The number of carbonyl (C=O) groups excluding carboxylic acids is 3. The van der Waals surface area contributed by atoms with E-state index in [0.717, 1.165) is 78.4 Å². The van der Waals surface area contributed by atoms with E-state index < -0.39 is 23.9 Å². The monoisotopic (exact) mass is 722 g/mol. The number of nitrogens with one attached hydrogen (secondary N) is 3. The second kappa shape index (κ2) is 18.4. The molecule has 1 aliphatic rings. The number of ketones is 2. The van der Waals surface area contributed by atoms with E-state index in [4.69, 9.17) is 0 Å². The molecule has 4 N–H and O–H groups in total. The van der Waals surface area contributed by atoms with Crippen LogP contribution in [0.5, 0.6) is 5.75 Å². The van der Waals surface area contributed by atoms with Crippen LogP contribution in [0.15, 0.2) is 47.3 Å². The van der Waals surface area contributed by atoms with Crippen molar-refractivity contribution < 1.29 is 45.8 Å². The molecular weight excluding hydrogens is 686 g/mol. The highest BCUT2D eigenvalue weighted by atomic mass is 32.2. The summed E-state index contributed by atoms with van der Waals surface area (Å²) < 4.78 is 67.8. The summed E-state index contributed by atoms with van der Waals surface area (Å²) in [7, 11) is 0. The molecule has 0 atom stereocenters. The van der Waals surface area contributed by atoms with Crippen LogP contribution in [0, 0.1) is 0 Å². The van der Waals surface area contributed by atoms with E-state index in [2.05, 4.69) is 44.8 Å². The molecule has 48 heavy (non-hydrogen) atoms. The number of aromatic hydroxyl groups is 1. The fourth-order valence-corrected chi connectivity index (χ4v) is 6.90. The van der Waals surface area contributed by atoms with Gasteiger partial charge in [0.2, 0.25) is 5.91 Å². The van der Waals surface area contributed by atoms with Gasteiger partial charge < -0.3 is 25.6 Å². The van der Waals surface area contributed by atoms with Gasteiger partial charge >= 0.3 is 28.8 Å². The Hall–Kier alpha value is -3.41. The number of phenols is 1. The maximum atomic E-state index is 13.1. The van der Waals surface area contributed by atoms with E-state index in [-0.39, 0.29) is 16.5 Å². The standard InChI is InChI=1S/C27H36N4O3S2.C4F6O2/c32-23-7-6-21(26-25(23)30-27(34)36-26)9-14-29-16-17-31(22-11-18-35-19-12-22)24(33)10-15-28-13-8-20-4-2-1-3-5-20;5-3(6,7)1(11)2(12)4(8,9)10/h1-7,22,28-29,32H,8-19H2,(H,30,34);. The van der Waals surface area contributed by atoms with Crippen molar-refractivity contribution in [2.45, 2.75) is 50.5 Å². The molecule has 2 heterocycles. The van der Waals surface area contributed by atoms with Gasteiger partial charge in [-0.15, -0.1) is 0 Å². The smallest absolute Gasteiger partial charge is 0.458 e. The topological polar surface area (TPSA) is 132 Å². The average Bonchev–Trinajstić information content (AvgIpc) is 3.45. The molecule has 3 aromatic rings. The summed E-state index contributed by atoms with van der Waals surface area (Å²) in [5, 5.41) is 16.9. The number of halogens is 6. The number of Topliss-reactive ketones (excluding diaryl/α,β-unsaturated/α-hetero) is 2. The first kappa shape index (κ1) is 39.0. The molecule has 1 amide bonds. The molecule has 2 aromatic carbocycles. The molecule has 9 nitrogen and oxygen atoms in total. The van der Waals surface area contributed by atoms with E-state index in [9.17, 15) is 50.6 Å². The van der Waals surface area contributed by atoms with Crippen molar-refractivity contribution in [3.05, 3.63) is 63.3 Å². The van der Waals surface area contributed by atoms with E-state index in [1.807, 2.05) is 23.9 Å². The summed E-state index contributed by atoms with van der Waals surface area (Å²) >= 11 is 3.11. The first-order valence-corrected chi connectivity index (χ1v) is 17.0. The summed E-state index contributed by atoms with van der Waals surface area (Å²) in [5.74, 6) is -4.24. The second-order valence-electron chi connectivity index (χ2n) is 10.8. The number of fused-ring (bicyclic) bond motifs is 1. The predicted molar refractivity (Wildman–Crippen MR) is 173 cm³/mol. The van der Waals surface area contributed by atoms with E-state index >= 15 is 0 Å². The molecule has 0 aliphatic carbocycles. The number of hydrogen-bond donors (Lipinski definition) is 4. The maximum absolute atomic E-state index is 13.1. The van der Waals surface area contributed by atoms with Crippen molar-refractivity contribution in [3.8, 4) is 5.75 Å². The van der Waals surface area contributed by atoms with Gasteiger partial charge in [-0.3, -0.25) is 19.2 Å². The van der Waals surface area contributed by atoms with Gasteiger partial charge in [-0.05, 0) is 67.5 Å². The van der Waals surface area contributed by atoms with Crippen molar-refractivity contribution in [2.75, 3.05) is 44.2 Å². The van der Waals surface area contributed by atoms with E-state index in [1.165, 1.54) is 5.56 Å². The third kappa shape index (κ3) is 12.2. The highest BCUT2D eigenvalue weighted by molar-refractivity contribution is 7.99. The number of rotatable bonds is 14. The minimum Gasteiger partial charge on any atom is -0.506 e. The number of alkyl halides is 6. The number of amides is 1. The van der Waals surface area contributed by atoms with Crippen LogP contribution in [0.2, 0.25) is 0 Å². The molecule has 0 radical (unpaired) electrons. The summed E-state index contributed by atoms with van der Waals surface area (Å²) in [6.45, 7) is 3.77. The Balaban J connectivity index is 0.000000444. The fourth-order valence-electron chi connectivity index (χ4n) is 4.92. The number of phenolic OH excluding ortho intramolecular Hbond substituents is 1. The van der Waals surface area contributed by atoms with Crippen LogP contribution in [-0.2, 0) is 27.2 Å². The molecular formula is C31H36F6N4O5S2. The minimum absolute atomic E-state index is 0.106. The maximum Gasteiger partial charge on any atom is 0.458 e. The van der Waals surface area contributed by atoms with Gasteiger partial charge in [0.25, 0.3) is 0 Å². The third-order valence-corrected chi connectivity index (χ3v) is 9.37. The highest BCUT2D eigenvalue weighted by Crippen LogP contribution is 2.28. The van der Waals surface area contributed by atoms with Gasteiger partial charge in [0, 0.05) is 32.1 Å². The van der Waals surface area contributed by atoms with Gasteiger partial charge in [0.1, 0.15) is 11.3 Å². The summed E-state index contributed by atoms with van der Waals surface area (Å²) in [6.07, 6.45) is -7.17. The molecule has 1 fully saturated rings. The quantitative estimate of drug-likeness (QED) is 0.108. The molecule has 4 rings (SSSR count). The van der Waals surface area contributed by atoms with Gasteiger partial charge in [0.05, 0.1) is 4.70 Å². The largest absolute Gasteiger partial charge is 0.506 e. The van der Waals surface area contributed by atoms with Crippen LogP contribution in [-0.4, -0.2) is 95.1 Å². The third-order valence-electron chi connectivity index (χ3n) is 7.36. The Bertz CT molecular complexity index is 1530. The van der Waals surface area contributed by atoms with Crippen LogP contribution in [0.3, 0.4) is 0 Å². The molecule has 17 heteroatoms. The number of nitrogens with zero attached hydrogens (tertiary/aromatic N) is 1. The molecule has 0 saturated carbocycles. The number of H-pyrrole nitrogens is 1. The second-order valence-corrected chi connectivity index (χ2v) is 13.0. The van der Waals surface area contributed by atoms with Crippen LogP contribution < -0.4 is 15.5 Å². The van der Waals surface area contributed by atoms with E-state index in [0.29, 0.717) is 31.1 Å². The Labute approximate surface area is 280 Å². The normalized spacial score (nSPS) is 14.0. The first-order chi connectivity index (χ1) is 22.7. The zero-order valence-corrected chi connectivity index (χ0v) is 27.3. The summed E-state index contributed by atoms with van der Waals surface area (Å²) in [5.41, 5.74) is 2.87. The first-order valence-electron chi connectivity index (χ1n) is 15.1. The minimum atomic E-state index is -5.77. The van der Waals surface area contributed by atoms with E-state index in [1.54, 1.807) is 6.07 Å². The molecule has 264 valence electrons. The molecule has 0 bridgehead atoms. The van der Waals surface area contributed by atoms with Crippen LogP contribution >= 0.6 is 23.1 Å². The molecule has 1 aromatic heterocycles. The number of benzene rings is 2. The molecule has 1 saturated heterocycles. The predicted octanol–water partition coefficient (Wildman–Crippen LogP) is 4.62. The lowest BCUT2D eigenvalue weighted by molar-refractivity contribution is -0.193. The number of thiazole rings is 1. The van der Waals surface area contributed by atoms with Crippen molar-refractivity contribution >= 4 is 50.8 Å². The lowest BCUT2D eigenvalue weighted by Gasteiger charge is -2.34. The number of hydrogen-bond acceptors (Lipinski definition) is 9. The van der Waals surface area contributed by atoms with Crippen LogP contribution in [0.1, 0.15) is 30.4 Å². The van der Waals surface area contributed by atoms with Gasteiger partial charge in [-0.1, -0.05) is 47.7 Å². The lowest BCUT2D eigenvalue weighted by Crippen LogP contribution is -2.46. The summed E-state index contributed by atoms with van der Waals surface area (Å²) in [4.78, 5) is 48.7. The molecule has 0 spiro atoms. The molecule has 0 unspecified atom stereocenters. The van der Waals surface area contributed by atoms with Gasteiger partial charge in [0.15, 0.2) is 0 Å². The Morgan fingerprint density at radius 3 is 2.08 bits per heavy atom. The fraction of sp³-hybridized carbons (Fsp3) is 0.484. The highest BCUT2D eigenvalue weighted by Gasteiger charge is 2.54. The van der Waals surface area contributed by atoms with Crippen molar-refractivity contribution in [1.29, 1.82) is 0 Å². The lowest BCUT2D eigenvalue weighted by atomic mass is 10.1. The Kier molecular flexibility index (Phi) is 14.9. The number of carbonyl (C=O) groups is 3. The van der Waals surface area contributed by atoms with Crippen molar-refractivity contribution in [1.82, 2.24) is 20.5 Å². The van der Waals surface area contributed by atoms with Gasteiger partial charge in [-0.25, -0.2) is 0 Å². The van der Waals surface area contributed by atoms with Crippen molar-refractivity contribution in [3.63, 3.8) is 0 Å². The molecule has 1 aliphatic heterocycles. The van der Waals surface area contributed by atoms with Crippen LogP contribution in [0.25, 0.3) is 10.2 Å². The average molecular weight is 723 g/mol. The Morgan fingerprint density at radius 2 is 1.46 bits per heavy atom. The van der Waals surface area contributed by atoms with Crippen molar-refractivity contribution in [2.24, 2.45) is 0 Å². The Morgan fingerprint density at radius 1 is 0.854 bits per heavy atom. The number of thioether (sulfide) groups is 1. The zero-order valence-electron chi connectivity index (χ0n) is 25.7. The number of aromatic amines is 1. The SMILES string of the molecule is O=C(C(=O)C(F)(F)F)C(F)(F)F.O=C(CCNCCc1ccccc1)N(CCNCCc1ccc(O)c2[nH]c(=O)sc12)C1CCSCC1. The zero-order chi connectivity index (χ0) is 35.3. The van der Waals surface area contributed by atoms with Crippen LogP contribution in [0.4, 0.5) is 26.3 Å². The number of aromatic nitrogens is 1.